The molecule has 90 valence electrons. The van der Waals surface area contributed by atoms with Crippen molar-refractivity contribution >= 4 is 5.96 Å². The maximum absolute atomic E-state index is 4.76. The number of nitrogens with zero attached hydrogens (tertiary/aromatic N) is 3. The Bertz CT molecular complexity index is 308. The van der Waals surface area contributed by atoms with E-state index in [1.807, 2.05) is 13.1 Å². The first-order valence-corrected chi connectivity index (χ1v) is 5.59. The third kappa shape index (κ3) is 3.92. The standard InChI is InChI=1S/C11H20N4O/c1-4-5-7-15(3)11(12-2)13-9-10-6-8-16-14-10/h6,8H,4-5,7,9H2,1-3H3,(H,12,13). The first kappa shape index (κ1) is 12.5. The molecule has 0 saturated heterocycles. The Kier molecular flexibility index (Phi) is 5.39. The zero-order valence-electron chi connectivity index (χ0n) is 10.2. The molecule has 0 fully saturated rings. The number of hydrogen-bond donors (Lipinski definition) is 1. The molecule has 1 N–H and O–H groups in total. The van der Waals surface area contributed by atoms with Crippen LogP contribution in [-0.2, 0) is 6.54 Å². The van der Waals surface area contributed by atoms with Crippen LogP contribution in [-0.4, -0.2) is 36.7 Å². The van der Waals surface area contributed by atoms with Gasteiger partial charge >= 0.3 is 0 Å². The highest BCUT2D eigenvalue weighted by molar-refractivity contribution is 5.79. The van der Waals surface area contributed by atoms with Gasteiger partial charge in [0.2, 0.25) is 0 Å². The maximum atomic E-state index is 4.76. The molecule has 0 aromatic carbocycles. The molecule has 5 nitrogen and oxygen atoms in total. The molecule has 1 aromatic heterocycles. The highest BCUT2D eigenvalue weighted by Crippen LogP contribution is 1.96. The molecular formula is C11H20N4O. The minimum absolute atomic E-state index is 0.639. The summed E-state index contributed by atoms with van der Waals surface area (Å²) in [6.45, 7) is 3.83. The lowest BCUT2D eigenvalue weighted by atomic mass is 10.3. The Morgan fingerprint density at radius 3 is 3.00 bits per heavy atom. The van der Waals surface area contributed by atoms with Gasteiger partial charge in [0.25, 0.3) is 0 Å². The van der Waals surface area contributed by atoms with Crippen molar-refractivity contribution in [2.45, 2.75) is 26.3 Å². The van der Waals surface area contributed by atoms with Gasteiger partial charge in [0.15, 0.2) is 5.96 Å². The average molecular weight is 224 g/mol. The molecule has 16 heavy (non-hydrogen) atoms. The average Bonchev–Trinajstić information content (AvgIpc) is 2.80. The van der Waals surface area contributed by atoms with Crippen LogP contribution in [0.5, 0.6) is 0 Å². The third-order valence-corrected chi connectivity index (χ3v) is 2.34. The summed E-state index contributed by atoms with van der Waals surface area (Å²) < 4.78 is 4.76. The molecule has 1 heterocycles. The van der Waals surface area contributed by atoms with Crippen LogP contribution < -0.4 is 5.32 Å². The van der Waals surface area contributed by atoms with Crippen molar-refractivity contribution in [2.24, 2.45) is 4.99 Å². The van der Waals surface area contributed by atoms with E-state index in [1.165, 1.54) is 12.8 Å². The lowest BCUT2D eigenvalue weighted by Gasteiger charge is -2.21. The van der Waals surface area contributed by atoms with Gasteiger partial charge in [0.05, 0.1) is 6.54 Å². The van der Waals surface area contributed by atoms with Crippen molar-refractivity contribution in [3.8, 4) is 0 Å². The SMILES string of the molecule is CCCCN(C)C(=NC)NCc1ccon1. The van der Waals surface area contributed by atoms with Crippen LogP contribution in [0, 0.1) is 0 Å². The quantitative estimate of drug-likeness (QED) is 0.608. The van der Waals surface area contributed by atoms with Gasteiger partial charge in [-0.2, -0.15) is 0 Å². The van der Waals surface area contributed by atoms with Gasteiger partial charge in [-0.05, 0) is 6.42 Å². The summed E-state index contributed by atoms with van der Waals surface area (Å²) in [5.74, 6) is 0.886. The molecule has 0 aliphatic heterocycles. The van der Waals surface area contributed by atoms with E-state index in [0.29, 0.717) is 6.54 Å². The summed E-state index contributed by atoms with van der Waals surface area (Å²) in [7, 11) is 3.82. The summed E-state index contributed by atoms with van der Waals surface area (Å²) in [5, 5.41) is 7.07. The van der Waals surface area contributed by atoms with E-state index < -0.39 is 0 Å². The zero-order valence-corrected chi connectivity index (χ0v) is 10.2. The van der Waals surface area contributed by atoms with Crippen LogP contribution in [0.4, 0.5) is 0 Å². The maximum Gasteiger partial charge on any atom is 0.193 e. The number of unbranched alkanes of at least 4 members (excludes halogenated alkanes) is 1. The summed E-state index contributed by atoms with van der Waals surface area (Å²) >= 11 is 0. The zero-order chi connectivity index (χ0) is 11.8. The van der Waals surface area contributed by atoms with E-state index in [-0.39, 0.29) is 0 Å². The highest BCUT2D eigenvalue weighted by atomic mass is 16.5. The van der Waals surface area contributed by atoms with Gasteiger partial charge in [-0.3, -0.25) is 4.99 Å². The molecule has 0 radical (unpaired) electrons. The van der Waals surface area contributed by atoms with Crippen LogP contribution in [0.3, 0.4) is 0 Å². The molecule has 0 spiro atoms. The van der Waals surface area contributed by atoms with E-state index in [9.17, 15) is 0 Å². The minimum atomic E-state index is 0.639. The fourth-order valence-electron chi connectivity index (χ4n) is 1.38. The largest absolute Gasteiger partial charge is 0.364 e. The Balaban J connectivity index is 2.37. The highest BCUT2D eigenvalue weighted by Gasteiger charge is 2.05. The smallest absolute Gasteiger partial charge is 0.193 e. The van der Waals surface area contributed by atoms with Crippen molar-refractivity contribution in [1.29, 1.82) is 0 Å². The topological polar surface area (TPSA) is 53.7 Å². The fourth-order valence-corrected chi connectivity index (χ4v) is 1.38. The van der Waals surface area contributed by atoms with E-state index in [1.54, 1.807) is 13.3 Å². The Labute approximate surface area is 96.5 Å². The van der Waals surface area contributed by atoms with Crippen LogP contribution in [0.15, 0.2) is 21.8 Å². The third-order valence-electron chi connectivity index (χ3n) is 2.34. The lowest BCUT2D eigenvalue weighted by molar-refractivity contribution is 0.409. The minimum Gasteiger partial charge on any atom is -0.364 e. The van der Waals surface area contributed by atoms with Crippen LogP contribution >= 0.6 is 0 Å². The molecule has 0 amide bonds. The molecule has 1 rings (SSSR count). The molecule has 0 aliphatic carbocycles. The van der Waals surface area contributed by atoms with Crippen molar-refractivity contribution in [2.75, 3.05) is 20.6 Å². The number of rotatable bonds is 5. The first-order valence-electron chi connectivity index (χ1n) is 5.59. The number of guanidine groups is 1. The molecule has 0 bridgehead atoms. The first-order chi connectivity index (χ1) is 7.77. The molecule has 5 heteroatoms. The van der Waals surface area contributed by atoms with Crippen LogP contribution in [0.2, 0.25) is 0 Å². The number of aromatic nitrogens is 1. The van der Waals surface area contributed by atoms with Crippen molar-refractivity contribution < 1.29 is 4.52 Å². The Morgan fingerprint density at radius 2 is 2.44 bits per heavy atom. The van der Waals surface area contributed by atoms with Gasteiger partial charge in [0, 0.05) is 26.7 Å². The summed E-state index contributed by atoms with van der Waals surface area (Å²) in [6, 6.07) is 1.84. The second-order valence-corrected chi connectivity index (χ2v) is 3.67. The van der Waals surface area contributed by atoms with E-state index >= 15 is 0 Å². The normalized spacial score (nSPS) is 11.6. The van der Waals surface area contributed by atoms with E-state index in [0.717, 1.165) is 18.2 Å². The number of hydrogen-bond acceptors (Lipinski definition) is 3. The molecule has 0 saturated carbocycles. The lowest BCUT2D eigenvalue weighted by Crippen LogP contribution is -2.39. The second-order valence-electron chi connectivity index (χ2n) is 3.67. The number of nitrogens with one attached hydrogen (secondary N) is 1. The monoisotopic (exact) mass is 224 g/mol. The summed E-state index contributed by atoms with van der Waals surface area (Å²) in [5.41, 5.74) is 0.880. The van der Waals surface area contributed by atoms with Gasteiger partial charge in [-0.1, -0.05) is 18.5 Å². The molecule has 0 aliphatic rings. The number of aliphatic imine (C=N–C) groups is 1. The summed E-state index contributed by atoms with van der Waals surface area (Å²) in [6.07, 6.45) is 3.92. The van der Waals surface area contributed by atoms with Gasteiger partial charge in [0.1, 0.15) is 12.0 Å². The summed E-state index contributed by atoms with van der Waals surface area (Å²) in [4.78, 5) is 6.33. The van der Waals surface area contributed by atoms with E-state index in [4.69, 9.17) is 4.52 Å². The van der Waals surface area contributed by atoms with Crippen molar-refractivity contribution in [3.05, 3.63) is 18.0 Å². The molecule has 0 unspecified atom stereocenters. The Morgan fingerprint density at radius 1 is 1.62 bits per heavy atom. The van der Waals surface area contributed by atoms with Crippen LogP contribution in [0.1, 0.15) is 25.5 Å². The second kappa shape index (κ2) is 6.87. The predicted molar refractivity (Wildman–Crippen MR) is 64.2 cm³/mol. The van der Waals surface area contributed by atoms with Gasteiger partial charge < -0.3 is 14.7 Å². The molecule has 0 atom stereocenters. The molecular weight excluding hydrogens is 204 g/mol. The van der Waals surface area contributed by atoms with Crippen LogP contribution in [0.25, 0.3) is 0 Å². The van der Waals surface area contributed by atoms with Gasteiger partial charge in [-0.15, -0.1) is 0 Å². The van der Waals surface area contributed by atoms with E-state index in [2.05, 4.69) is 27.3 Å². The Hall–Kier alpha value is -1.52. The van der Waals surface area contributed by atoms with Gasteiger partial charge in [-0.25, -0.2) is 0 Å². The predicted octanol–water partition coefficient (Wildman–Crippen LogP) is 1.48. The molecule has 1 aromatic rings. The van der Waals surface area contributed by atoms with Crippen molar-refractivity contribution in [1.82, 2.24) is 15.4 Å². The van der Waals surface area contributed by atoms with Crippen molar-refractivity contribution in [3.63, 3.8) is 0 Å². The fraction of sp³-hybridized carbons (Fsp3) is 0.636.